The molecule has 0 atom stereocenters. The van der Waals surface area contributed by atoms with Crippen LogP contribution in [0.2, 0.25) is 5.02 Å². The average molecular weight is 306 g/mol. The molecule has 88 valence electrons. The van der Waals surface area contributed by atoms with E-state index in [1.54, 1.807) is 30.1 Å². The number of benzene rings is 1. The van der Waals surface area contributed by atoms with Gasteiger partial charge in [-0.15, -0.1) is 0 Å². The Bertz CT molecular complexity index is 384. The van der Waals surface area contributed by atoms with Crippen LogP contribution in [0, 0.1) is 0 Å². The SMILES string of the molecule is CNCCN(C)C(=O)c1cc(Cl)ccc1Br. The van der Waals surface area contributed by atoms with Crippen molar-refractivity contribution < 1.29 is 4.79 Å². The van der Waals surface area contributed by atoms with Gasteiger partial charge in [0.1, 0.15) is 0 Å². The molecule has 3 nitrogen and oxygen atoms in total. The largest absolute Gasteiger partial charge is 0.340 e. The molecule has 1 aromatic rings. The Kier molecular flexibility index (Phi) is 5.25. The van der Waals surface area contributed by atoms with Gasteiger partial charge in [-0.3, -0.25) is 4.79 Å². The number of hydrogen-bond acceptors (Lipinski definition) is 2. The second-order valence-corrected chi connectivity index (χ2v) is 4.75. The lowest BCUT2D eigenvalue weighted by Gasteiger charge is -2.17. The van der Waals surface area contributed by atoms with Gasteiger partial charge in [0.15, 0.2) is 0 Å². The molecule has 0 radical (unpaired) electrons. The first-order valence-electron chi connectivity index (χ1n) is 4.91. The van der Waals surface area contributed by atoms with Gasteiger partial charge in [-0.2, -0.15) is 0 Å². The van der Waals surface area contributed by atoms with Gasteiger partial charge in [-0.1, -0.05) is 11.6 Å². The van der Waals surface area contributed by atoms with E-state index in [-0.39, 0.29) is 5.91 Å². The number of hydrogen-bond donors (Lipinski definition) is 1. The summed E-state index contributed by atoms with van der Waals surface area (Å²) in [6.07, 6.45) is 0. The minimum absolute atomic E-state index is 0.0374. The number of carbonyl (C=O) groups excluding carboxylic acids is 1. The molecule has 16 heavy (non-hydrogen) atoms. The molecule has 0 spiro atoms. The summed E-state index contributed by atoms with van der Waals surface area (Å²) < 4.78 is 0.762. The summed E-state index contributed by atoms with van der Waals surface area (Å²) in [5.41, 5.74) is 0.589. The van der Waals surface area contributed by atoms with Crippen molar-refractivity contribution >= 4 is 33.4 Å². The van der Waals surface area contributed by atoms with E-state index in [9.17, 15) is 4.79 Å². The van der Waals surface area contributed by atoms with Crippen LogP contribution in [0.4, 0.5) is 0 Å². The fourth-order valence-electron chi connectivity index (χ4n) is 1.25. The number of likely N-dealkylation sites (N-methyl/N-ethyl adjacent to an activating group) is 2. The molecule has 0 unspecified atom stereocenters. The minimum Gasteiger partial charge on any atom is -0.340 e. The van der Waals surface area contributed by atoms with Crippen molar-refractivity contribution in [1.82, 2.24) is 10.2 Å². The Morgan fingerprint density at radius 2 is 2.25 bits per heavy atom. The highest BCUT2D eigenvalue weighted by Gasteiger charge is 2.14. The molecule has 1 N–H and O–H groups in total. The highest BCUT2D eigenvalue weighted by atomic mass is 79.9. The van der Waals surface area contributed by atoms with Gasteiger partial charge in [0.2, 0.25) is 0 Å². The first-order valence-corrected chi connectivity index (χ1v) is 6.08. The summed E-state index contributed by atoms with van der Waals surface area (Å²) in [5, 5.41) is 3.56. The van der Waals surface area contributed by atoms with Gasteiger partial charge < -0.3 is 10.2 Å². The second-order valence-electron chi connectivity index (χ2n) is 3.45. The van der Waals surface area contributed by atoms with Crippen LogP contribution in [0.25, 0.3) is 0 Å². The van der Waals surface area contributed by atoms with Crippen LogP contribution in [-0.4, -0.2) is 38.0 Å². The normalized spacial score (nSPS) is 10.2. The molecule has 0 aliphatic rings. The minimum atomic E-state index is -0.0374. The van der Waals surface area contributed by atoms with Crippen molar-refractivity contribution in [1.29, 1.82) is 0 Å². The van der Waals surface area contributed by atoms with Crippen molar-refractivity contribution in [2.24, 2.45) is 0 Å². The molecule has 0 aliphatic carbocycles. The van der Waals surface area contributed by atoms with Gasteiger partial charge in [-0.05, 0) is 41.2 Å². The fraction of sp³-hybridized carbons (Fsp3) is 0.364. The number of rotatable bonds is 4. The van der Waals surface area contributed by atoms with E-state index in [0.29, 0.717) is 17.1 Å². The maximum Gasteiger partial charge on any atom is 0.254 e. The zero-order valence-electron chi connectivity index (χ0n) is 9.26. The molecule has 5 heteroatoms. The monoisotopic (exact) mass is 304 g/mol. The van der Waals surface area contributed by atoms with E-state index < -0.39 is 0 Å². The van der Waals surface area contributed by atoms with Gasteiger partial charge in [0.25, 0.3) is 5.91 Å². The molecule has 0 bridgehead atoms. The third-order valence-electron chi connectivity index (χ3n) is 2.20. The number of nitrogens with one attached hydrogen (secondary N) is 1. The molecule has 1 rings (SSSR count). The van der Waals surface area contributed by atoms with Crippen LogP contribution in [0.3, 0.4) is 0 Å². The van der Waals surface area contributed by atoms with Gasteiger partial charge in [-0.25, -0.2) is 0 Å². The van der Waals surface area contributed by atoms with Crippen molar-refractivity contribution in [2.75, 3.05) is 27.2 Å². The van der Waals surface area contributed by atoms with E-state index >= 15 is 0 Å². The topological polar surface area (TPSA) is 32.3 Å². The summed E-state index contributed by atoms with van der Waals surface area (Å²) >= 11 is 9.21. The lowest BCUT2D eigenvalue weighted by molar-refractivity contribution is 0.0796. The predicted molar refractivity (Wildman–Crippen MR) is 70.0 cm³/mol. The summed E-state index contributed by atoms with van der Waals surface area (Å²) in [4.78, 5) is 13.7. The maximum absolute atomic E-state index is 12.0. The van der Waals surface area contributed by atoms with Crippen molar-refractivity contribution in [3.8, 4) is 0 Å². The molecule has 0 heterocycles. The van der Waals surface area contributed by atoms with Gasteiger partial charge in [0.05, 0.1) is 5.56 Å². The highest BCUT2D eigenvalue weighted by molar-refractivity contribution is 9.10. The van der Waals surface area contributed by atoms with Crippen molar-refractivity contribution in [3.63, 3.8) is 0 Å². The van der Waals surface area contributed by atoms with Crippen LogP contribution in [0.1, 0.15) is 10.4 Å². The Morgan fingerprint density at radius 3 is 2.88 bits per heavy atom. The Labute approximate surface area is 109 Å². The number of halogens is 2. The van der Waals surface area contributed by atoms with Crippen LogP contribution >= 0.6 is 27.5 Å². The smallest absolute Gasteiger partial charge is 0.254 e. The number of nitrogens with zero attached hydrogens (tertiary/aromatic N) is 1. The summed E-state index contributed by atoms with van der Waals surface area (Å²) in [6, 6.07) is 5.20. The Morgan fingerprint density at radius 1 is 1.56 bits per heavy atom. The van der Waals surface area contributed by atoms with Crippen LogP contribution in [-0.2, 0) is 0 Å². The molecule has 1 amide bonds. The second kappa shape index (κ2) is 6.23. The quantitative estimate of drug-likeness (QED) is 0.926. The van der Waals surface area contributed by atoms with Crippen molar-refractivity contribution in [3.05, 3.63) is 33.3 Å². The zero-order valence-corrected chi connectivity index (χ0v) is 11.6. The lowest BCUT2D eigenvalue weighted by Crippen LogP contribution is -2.32. The zero-order chi connectivity index (χ0) is 12.1. The van der Waals surface area contributed by atoms with Crippen LogP contribution in [0.5, 0.6) is 0 Å². The van der Waals surface area contributed by atoms with E-state index in [1.807, 2.05) is 7.05 Å². The molecule has 0 saturated carbocycles. The molecule has 0 fully saturated rings. The van der Waals surface area contributed by atoms with E-state index in [4.69, 9.17) is 11.6 Å². The predicted octanol–water partition coefficient (Wildman–Crippen LogP) is 2.39. The highest BCUT2D eigenvalue weighted by Crippen LogP contribution is 2.22. The Balaban J connectivity index is 2.83. The van der Waals surface area contributed by atoms with Gasteiger partial charge in [0, 0.05) is 29.6 Å². The lowest BCUT2D eigenvalue weighted by atomic mass is 10.2. The molecular weight excluding hydrogens is 291 g/mol. The van der Waals surface area contributed by atoms with Crippen molar-refractivity contribution in [2.45, 2.75) is 0 Å². The number of carbonyl (C=O) groups is 1. The molecule has 0 aromatic heterocycles. The van der Waals surface area contributed by atoms with E-state index in [0.717, 1.165) is 11.0 Å². The van der Waals surface area contributed by atoms with E-state index in [2.05, 4.69) is 21.2 Å². The van der Waals surface area contributed by atoms with Crippen LogP contribution in [0.15, 0.2) is 22.7 Å². The maximum atomic E-state index is 12.0. The summed E-state index contributed by atoms with van der Waals surface area (Å²) in [5.74, 6) is -0.0374. The Hall–Kier alpha value is -0.580. The fourth-order valence-corrected chi connectivity index (χ4v) is 1.84. The number of amides is 1. The van der Waals surface area contributed by atoms with E-state index in [1.165, 1.54) is 0 Å². The molecule has 0 aliphatic heterocycles. The third-order valence-corrected chi connectivity index (χ3v) is 3.13. The first kappa shape index (κ1) is 13.5. The van der Waals surface area contributed by atoms with Gasteiger partial charge >= 0.3 is 0 Å². The average Bonchev–Trinajstić information content (AvgIpc) is 2.28. The third kappa shape index (κ3) is 3.47. The molecule has 0 saturated heterocycles. The first-order chi connectivity index (χ1) is 7.56. The summed E-state index contributed by atoms with van der Waals surface area (Å²) in [7, 11) is 3.63. The molecular formula is C11H14BrClN2O. The molecule has 1 aromatic carbocycles. The standard InChI is InChI=1S/C11H14BrClN2O/c1-14-5-6-15(2)11(16)9-7-8(13)3-4-10(9)12/h3-4,7,14H,5-6H2,1-2H3. The summed E-state index contributed by atoms with van der Waals surface area (Å²) in [6.45, 7) is 1.43. The van der Waals surface area contributed by atoms with Crippen LogP contribution < -0.4 is 5.32 Å².